The van der Waals surface area contributed by atoms with Gasteiger partial charge in [-0.3, -0.25) is 4.79 Å². The summed E-state index contributed by atoms with van der Waals surface area (Å²) in [5.41, 5.74) is 0. The largest absolute Gasteiger partial charge is 0.356 e. The predicted octanol–water partition coefficient (Wildman–Crippen LogP) is 3.48. The summed E-state index contributed by atoms with van der Waals surface area (Å²) in [6.45, 7) is 11.5. The molecule has 2 fully saturated rings. The molecule has 0 aliphatic carbocycles. The Morgan fingerprint density at radius 1 is 1.08 bits per heavy atom. The van der Waals surface area contributed by atoms with Gasteiger partial charge in [-0.25, -0.2) is 0 Å². The van der Waals surface area contributed by atoms with Gasteiger partial charge < -0.3 is 15.5 Å². The third-order valence-corrected chi connectivity index (χ3v) is 5.41. The van der Waals surface area contributed by atoms with Gasteiger partial charge >= 0.3 is 0 Å². The van der Waals surface area contributed by atoms with E-state index in [9.17, 15) is 4.79 Å². The number of piperidine rings is 2. The van der Waals surface area contributed by atoms with Crippen LogP contribution in [0.15, 0.2) is 0 Å². The summed E-state index contributed by atoms with van der Waals surface area (Å²) >= 11 is 0. The van der Waals surface area contributed by atoms with Crippen LogP contribution < -0.4 is 10.6 Å². The number of unbranched alkanes of at least 4 members (excludes halogenated alkanes) is 1. The normalized spacial score (nSPS) is 24.9. The molecule has 6 heteroatoms. The second kappa shape index (κ2) is 14.1. The third kappa shape index (κ3) is 10.6. The van der Waals surface area contributed by atoms with Crippen LogP contribution in [0.4, 0.5) is 0 Å². The minimum atomic E-state index is 0. The highest BCUT2D eigenvalue weighted by Crippen LogP contribution is 2.21. The zero-order valence-corrected chi connectivity index (χ0v) is 17.7. The lowest BCUT2D eigenvalue weighted by atomic mass is 9.92. The maximum atomic E-state index is 11.9. The van der Waals surface area contributed by atoms with Crippen LogP contribution in [0.5, 0.6) is 0 Å². The monoisotopic (exact) mass is 395 g/mol. The molecule has 150 valence electrons. The summed E-state index contributed by atoms with van der Waals surface area (Å²) in [5, 5.41) is 6.48. The van der Waals surface area contributed by atoms with Gasteiger partial charge in [-0.1, -0.05) is 13.8 Å². The van der Waals surface area contributed by atoms with Crippen molar-refractivity contribution in [2.24, 2.45) is 17.8 Å². The Labute approximate surface area is 167 Å². The Balaban J connectivity index is 0.00000288. The Morgan fingerprint density at radius 3 is 2.36 bits per heavy atom. The first-order valence-corrected chi connectivity index (χ1v) is 9.83. The Morgan fingerprint density at radius 2 is 1.72 bits per heavy atom. The van der Waals surface area contributed by atoms with Crippen molar-refractivity contribution in [3.63, 3.8) is 0 Å². The molecule has 2 aliphatic heterocycles. The topological polar surface area (TPSA) is 44.4 Å². The highest BCUT2D eigenvalue weighted by atomic mass is 35.5. The van der Waals surface area contributed by atoms with E-state index in [1.807, 2.05) is 0 Å². The Kier molecular flexibility index (Phi) is 14.1. The van der Waals surface area contributed by atoms with Gasteiger partial charge in [-0.05, 0) is 75.9 Å². The van der Waals surface area contributed by atoms with Gasteiger partial charge in [0.1, 0.15) is 0 Å². The fourth-order valence-corrected chi connectivity index (χ4v) is 4.26. The molecule has 0 bridgehead atoms. The first-order valence-electron chi connectivity index (χ1n) is 9.83. The van der Waals surface area contributed by atoms with Crippen molar-refractivity contribution in [3.8, 4) is 0 Å². The van der Waals surface area contributed by atoms with E-state index < -0.39 is 0 Å². The number of nitrogens with one attached hydrogen (secondary N) is 2. The molecule has 1 amide bonds. The molecule has 2 atom stereocenters. The molecular weight excluding hydrogens is 357 g/mol. The van der Waals surface area contributed by atoms with Gasteiger partial charge in [-0.2, -0.15) is 0 Å². The second-order valence-electron chi connectivity index (χ2n) is 7.99. The van der Waals surface area contributed by atoms with E-state index in [-0.39, 0.29) is 30.7 Å². The van der Waals surface area contributed by atoms with Gasteiger partial charge in [0.05, 0.1) is 0 Å². The molecule has 0 spiro atoms. The Hall–Kier alpha value is -0.0300. The molecule has 2 heterocycles. The maximum absolute atomic E-state index is 11.9. The van der Waals surface area contributed by atoms with Crippen molar-refractivity contribution in [2.45, 2.75) is 58.8 Å². The van der Waals surface area contributed by atoms with E-state index in [1.54, 1.807) is 0 Å². The number of carbonyl (C=O) groups is 1. The van der Waals surface area contributed by atoms with E-state index in [4.69, 9.17) is 0 Å². The number of likely N-dealkylation sites (tertiary alicyclic amines) is 1. The molecular formula is C19H39Cl2N3O. The SMILES string of the molecule is CC1CC(C)CN(CCCCNC(=O)CCC2CCNCC2)C1.Cl.Cl. The smallest absolute Gasteiger partial charge is 0.220 e. The molecule has 4 nitrogen and oxygen atoms in total. The molecule has 0 saturated carbocycles. The molecule has 2 saturated heterocycles. The summed E-state index contributed by atoms with van der Waals surface area (Å²) in [5.74, 6) is 2.69. The van der Waals surface area contributed by atoms with Crippen molar-refractivity contribution in [1.82, 2.24) is 15.5 Å². The lowest BCUT2D eigenvalue weighted by Gasteiger charge is -2.34. The van der Waals surface area contributed by atoms with Crippen molar-refractivity contribution < 1.29 is 4.79 Å². The second-order valence-corrected chi connectivity index (χ2v) is 7.99. The van der Waals surface area contributed by atoms with Gasteiger partial charge in [-0.15, -0.1) is 24.8 Å². The molecule has 0 aromatic rings. The van der Waals surface area contributed by atoms with Gasteiger partial charge in [0, 0.05) is 26.1 Å². The zero-order chi connectivity index (χ0) is 16.5. The lowest BCUT2D eigenvalue weighted by molar-refractivity contribution is -0.121. The van der Waals surface area contributed by atoms with Crippen LogP contribution in [-0.2, 0) is 4.79 Å². The lowest BCUT2D eigenvalue weighted by Crippen LogP contribution is -2.39. The standard InChI is InChI=1S/C19H37N3O.2ClH/c1-16-13-17(2)15-22(14-16)12-4-3-9-21-19(23)6-5-18-7-10-20-11-8-18;;/h16-18,20H,3-15H2,1-2H3,(H,21,23);2*1H. The fourth-order valence-electron chi connectivity index (χ4n) is 4.26. The number of nitrogens with zero attached hydrogens (tertiary/aromatic N) is 1. The molecule has 2 aliphatic rings. The van der Waals surface area contributed by atoms with E-state index >= 15 is 0 Å². The van der Waals surface area contributed by atoms with Crippen molar-refractivity contribution in [2.75, 3.05) is 39.3 Å². The summed E-state index contributed by atoms with van der Waals surface area (Å²) in [4.78, 5) is 14.5. The summed E-state index contributed by atoms with van der Waals surface area (Å²) in [7, 11) is 0. The maximum Gasteiger partial charge on any atom is 0.220 e. The number of carbonyl (C=O) groups excluding carboxylic acids is 1. The fraction of sp³-hybridized carbons (Fsp3) is 0.947. The van der Waals surface area contributed by atoms with Crippen LogP contribution in [0.3, 0.4) is 0 Å². The number of hydrogen-bond acceptors (Lipinski definition) is 3. The van der Waals surface area contributed by atoms with Crippen molar-refractivity contribution in [3.05, 3.63) is 0 Å². The van der Waals surface area contributed by atoms with Crippen molar-refractivity contribution >= 4 is 30.7 Å². The Bertz CT molecular complexity index is 342. The molecule has 2 rings (SSSR count). The minimum absolute atomic E-state index is 0. The van der Waals surface area contributed by atoms with Gasteiger partial charge in [0.2, 0.25) is 5.91 Å². The molecule has 25 heavy (non-hydrogen) atoms. The number of halogens is 2. The predicted molar refractivity (Wildman–Crippen MR) is 111 cm³/mol. The summed E-state index contributed by atoms with van der Waals surface area (Å²) in [6, 6.07) is 0. The van der Waals surface area contributed by atoms with Gasteiger partial charge in [0.15, 0.2) is 0 Å². The quantitative estimate of drug-likeness (QED) is 0.618. The van der Waals surface area contributed by atoms with E-state index in [2.05, 4.69) is 29.4 Å². The molecule has 2 N–H and O–H groups in total. The summed E-state index contributed by atoms with van der Waals surface area (Å²) < 4.78 is 0. The molecule has 0 aromatic heterocycles. The van der Waals surface area contributed by atoms with E-state index in [0.717, 1.165) is 50.2 Å². The third-order valence-electron chi connectivity index (χ3n) is 5.41. The van der Waals surface area contributed by atoms with Crippen molar-refractivity contribution in [1.29, 1.82) is 0 Å². The highest BCUT2D eigenvalue weighted by molar-refractivity contribution is 5.85. The molecule has 2 unspecified atom stereocenters. The number of rotatable bonds is 8. The first-order chi connectivity index (χ1) is 11.1. The highest BCUT2D eigenvalue weighted by Gasteiger charge is 2.21. The molecule has 0 radical (unpaired) electrons. The first kappa shape index (κ1) is 25.0. The van der Waals surface area contributed by atoms with E-state index in [0.29, 0.717) is 6.42 Å². The van der Waals surface area contributed by atoms with Crippen LogP contribution >= 0.6 is 24.8 Å². The average Bonchev–Trinajstić information content (AvgIpc) is 2.53. The van der Waals surface area contributed by atoms with Crippen LogP contribution in [-0.4, -0.2) is 50.1 Å². The van der Waals surface area contributed by atoms with Gasteiger partial charge in [0.25, 0.3) is 0 Å². The van der Waals surface area contributed by atoms with E-state index in [1.165, 1.54) is 45.3 Å². The number of amides is 1. The van der Waals surface area contributed by atoms with Crippen LogP contribution in [0.1, 0.15) is 58.8 Å². The minimum Gasteiger partial charge on any atom is -0.356 e. The van der Waals surface area contributed by atoms with Crippen LogP contribution in [0.2, 0.25) is 0 Å². The van der Waals surface area contributed by atoms with Crippen LogP contribution in [0.25, 0.3) is 0 Å². The average molecular weight is 396 g/mol. The molecule has 0 aromatic carbocycles. The number of hydrogen-bond donors (Lipinski definition) is 2. The zero-order valence-electron chi connectivity index (χ0n) is 16.1. The summed E-state index contributed by atoms with van der Waals surface area (Å²) in [6.07, 6.45) is 7.94. The van der Waals surface area contributed by atoms with Crippen LogP contribution in [0, 0.1) is 17.8 Å².